The molecule has 3 unspecified atom stereocenters. The van der Waals surface area contributed by atoms with E-state index in [1.54, 1.807) is 0 Å². The molecule has 0 spiro atoms. The Balaban J connectivity index is 2.58. The Kier molecular flexibility index (Phi) is 4.42. The monoisotopic (exact) mass is 227 g/mol. The molecule has 2 heteroatoms. The van der Waals surface area contributed by atoms with Crippen molar-refractivity contribution in [1.29, 1.82) is 0 Å². The van der Waals surface area contributed by atoms with Gasteiger partial charge in [0.2, 0.25) is 0 Å². The number of hydrogen-bond acceptors (Lipinski definition) is 2. The summed E-state index contributed by atoms with van der Waals surface area (Å²) in [4.78, 5) is 0. The summed E-state index contributed by atoms with van der Waals surface area (Å²) in [5, 5.41) is 3.58. The summed E-state index contributed by atoms with van der Waals surface area (Å²) in [5.41, 5.74) is 0.348. The van der Waals surface area contributed by atoms with Crippen molar-refractivity contribution in [2.45, 2.75) is 78.6 Å². The number of ether oxygens (including phenoxy) is 1. The van der Waals surface area contributed by atoms with Gasteiger partial charge in [-0.1, -0.05) is 27.7 Å². The van der Waals surface area contributed by atoms with E-state index in [4.69, 9.17) is 4.74 Å². The Morgan fingerprint density at radius 3 is 2.38 bits per heavy atom. The molecule has 0 aliphatic heterocycles. The van der Waals surface area contributed by atoms with Gasteiger partial charge >= 0.3 is 0 Å². The summed E-state index contributed by atoms with van der Waals surface area (Å²) in [7, 11) is 0. The van der Waals surface area contributed by atoms with Gasteiger partial charge in [-0.25, -0.2) is 0 Å². The van der Waals surface area contributed by atoms with Crippen molar-refractivity contribution in [3.8, 4) is 0 Å². The van der Waals surface area contributed by atoms with Crippen molar-refractivity contribution in [3.63, 3.8) is 0 Å². The van der Waals surface area contributed by atoms with Gasteiger partial charge in [0.05, 0.1) is 11.7 Å². The summed E-state index contributed by atoms with van der Waals surface area (Å²) < 4.78 is 6.27. The highest BCUT2D eigenvalue weighted by molar-refractivity contribution is 5.05. The zero-order valence-corrected chi connectivity index (χ0v) is 11.9. The molecular weight excluding hydrogens is 198 g/mol. The van der Waals surface area contributed by atoms with Crippen LogP contribution in [0.1, 0.15) is 60.8 Å². The molecule has 0 heterocycles. The van der Waals surface area contributed by atoms with Crippen LogP contribution in [0.3, 0.4) is 0 Å². The van der Waals surface area contributed by atoms with E-state index in [2.05, 4.69) is 46.9 Å². The van der Waals surface area contributed by atoms with E-state index < -0.39 is 0 Å². The topological polar surface area (TPSA) is 21.3 Å². The van der Waals surface area contributed by atoms with Crippen LogP contribution < -0.4 is 5.32 Å². The van der Waals surface area contributed by atoms with Gasteiger partial charge in [-0.2, -0.15) is 0 Å². The van der Waals surface area contributed by atoms with E-state index in [1.807, 2.05) is 0 Å². The summed E-state index contributed by atoms with van der Waals surface area (Å²) in [5.74, 6) is 0. The van der Waals surface area contributed by atoms with Crippen LogP contribution in [0.4, 0.5) is 0 Å². The molecule has 0 aromatic rings. The maximum atomic E-state index is 6.27. The number of nitrogens with one attached hydrogen (secondary N) is 1. The first-order valence-electron chi connectivity index (χ1n) is 6.80. The molecule has 0 amide bonds. The average molecular weight is 227 g/mol. The van der Waals surface area contributed by atoms with Crippen molar-refractivity contribution in [1.82, 2.24) is 5.32 Å². The molecule has 1 fully saturated rings. The largest absolute Gasteiger partial charge is 0.372 e. The van der Waals surface area contributed by atoms with Crippen molar-refractivity contribution >= 4 is 0 Å². The molecule has 3 atom stereocenters. The van der Waals surface area contributed by atoms with Gasteiger partial charge < -0.3 is 10.1 Å². The van der Waals surface area contributed by atoms with E-state index in [0.29, 0.717) is 17.6 Å². The first kappa shape index (κ1) is 14.0. The Morgan fingerprint density at radius 1 is 1.31 bits per heavy atom. The molecule has 1 rings (SSSR count). The first-order valence-corrected chi connectivity index (χ1v) is 6.80. The minimum atomic E-state index is 0.0261. The number of hydrogen-bond donors (Lipinski definition) is 1. The Hall–Kier alpha value is -0.0800. The Bertz CT molecular complexity index is 227. The van der Waals surface area contributed by atoms with E-state index in [9.17, 15) is 0 Å². The summed E-state index contributed by atoms with van der Waals surface area (Å²) in [6.07, 6.45) is 3.86. The Morgan fingerprint density at radius 2 is 1.94 bits per heavy atom. The fourth-order valence-electron chi connectivity index (χ4n) is 2.50. The second-order valence-electron chi connectivity index (χ2n) is 5.93. The van der Waals surface area contributed by atoms with Crippen LogP contribution in [0.15, 0.2) is 0 Å². The van der Waals surface area contributed by atoms with Gasteiger partial charge in [0, 0.05) is 11.5 Å². The Labute approximate surface area is 101 Å². The highest BCUT2D eigenvalue weighted by Gasteiger charge is 2.52. The fraction of sp³-hybridized carbons (Fsp3) is 1.00. The van der Waals surface area contributed by atoms with Crippen molar-refractivity contribution < 1.29 is 4.74 Å². The minimum Gasteiger partial charge on any atom is -0.372 e. The van der Waals surface area contributed by atoms with Crippen LogP contribution in [0.2, 0.25) is 0 Å². The van der Waals surface area contributed by atoms with Gasteiger partial charge in [-0.05, 0) is 39.7 Å². The third kappa shape index (κ3) is 2.60. The van der Waals surface area contributed by atoms with Gasteiger partial charge in [-0.15, -0.1) is 0 Å². The van der Waals surface area contributed by atoms with E-state index >= 15 is 0 Å². The summed E-state index contributed by atoms with van der Waals surface area (Å²) >= 11 is 0. The van der Waals surface area contributed by atoms with Crippen molar-refractivity contribution in [3.05, 3.63) is 0 Å². The fourth-order valence-corrected chi connectivity index (χ4v) is 2.50. The van der Waals surface area contributed by atoms with Crippen LogP contribution in [0.25, 0.3) is 0 Å². The van der Waals surface area contributed by atoms with Crippen LogP contribution >= 0.6 is 0 Å². The zero-order valence-electron chi connectivity index (χ0n) is 11.9. The van der Waals surface area contributed by atoms with Gasteiger partial charge in [-0.3, -0.25) is 0 Å². The molecule has 0 aromatic carbocycles. The lowest BCUT2D eigenvalue weighted by molar-refractivity contribution is -0.187. The maximum absolute atomic E-state index is 6.27. The lowest BCUT2D eigenvalue weighted by atomic mass is 9.61. The molecule has 0 radical (unpaired) electrons. The number of rotatable bonds is 6. The van der Waals surface area contributed by atoms with Crippen LogP contribution in [0, 0.1) is 5.41 Å². The summed E-state index contributed by atoms with van der Waals surface area (Å²) in [6.45, 7) is 14.5. The lowest BCUT2D eigenvalue weighted by Crippen LogP contribution is -2.63. The smallest absolute Gasteiger partial charge is 0.0665 e. The predicted molar refractivity (Wildman–Crippen MR) is 69.7 cm³/mol. The van der Waals surface area contributed by atoms with Crippen LogP contribution in [-0.4, -0.2) is 24.3 Å². The zero-order chi connectivity index (χ0) is 12.4. The van der Waals surface area contributed by atoms with Crippen LogP contribution in [0.5, 0.6) is 0 Å². The third-order valence-electron chi connectivity index (χ3n) is 4.51. The molecule has 0 aromatic heterocycles. The van der Waals surface area contributed by atoms with E-state index in [1.165, 1.54) is 12.8 Å². The quantitative estimate of drug-likeness (QED) is 0.751. The molecule has 1 saturated carbocycles. The average Bonchev–Trinajstić information content (AvgIpc) is 2.26. The lowest BCUT2D eigenvalue weighted by Gasteiger charge is -2.55. The summed E-state index contributed by atoms with van der Waals surface area (Å²) in [6, 6.07) is 0.639. The SMILES string of the molecule is CCNC1CC(OC(C)(C)CC)C1(C)CC. The molecule has 1 aliphatic rings. The third-order valence-corrected chi connectivity index (χ3v) is 4.51. The molecule has 0 bridgehead atoms. The molecule has 1 N–H and O–H groups in total. The van der Waals surface area contributed by atoms with Crippen LogP contribution in [-0.2, 0) is 4.74 Å². The molecule has 16 heavy (non-hydrogen) atoms. The van der Waals surface area contributed by atoms with Gasteiger partial charge in [0.1, 0.15) is 0 Å². The van der Waals surface area contributed by atoms with Crippen molar-refractivity contribution in [2.75, 3.05) is 6.54 Å². The van der Waals surface area contributed by atoms with E-state index in [0.717, 1.165) is 13.0 Å². The second kappa shape index (κ2) is 5.05. The normalized spacial score (nSPS) is 34.9. The van der Waals surface area contributed by atoms with Gasteiger partial charge in [0.15, 0.2) is 0 Å². The van der Waals surface area contributed by atoms with E-state index in [-0.39, 0.29) is 5.60 Å². The first-order chi connectivity index (χ1) is 7.39. The molecular formula is C14H29NO. The molecule has 96 valence electrons. The predicted octanol–water partition coefficient (Wildman–Crippen LogP) is 3.36. The maximum Gasteiger partial charge on any atom is 0.0665 e. The molecule has 2 nitrogen and oxygen atoms in total. The molecule has 0 saturated heterocycles. The standard InChI is InChI=1S/C14H29NO/c1-7-13(4,5)16-12-10-11(15-9-3)14(12,6)8-2/h11-12,15H,7-10H2,1-6H3. The second-order valence-corrected chi connectivity index (χ2v) is 5.93. The molecule has 1 aliphatic carbocycles. The highest BCUT2D eigenvalue weighted by atomic mass is 16.5. The van der Waals surface area contributed by atoms with Gasteiger partial charge in [0.25, 0.3) is 0 Å². The van der Waals surface area contributed by atoms with Crippen molar-refractivity contribution in [2.24, 2.45) is 5.41 Å². The highest BCUT2D eigenvalue weighted by Crippen LogP contribution is 2.47. The minimum absolute atomic E-state index is 0.0261.